The van der Waals surface area contributed by atoms with Crippen LogP contribution in [0.25, 0.3) is 0 Å². The number of aliphatic carboxylic acids is 1. The van der Waals surface area contributed by atoms with E-state index in [9.17, 15) is 19.5 Å². The molecule has 0 fully saturated rings. The predicted octanol–water partition coefficient (Wildman–Crippen LogP) is 3.23. The first-order valence-corrected chi connectivity index (χ1v) is 9.49. The van der Waals surface area contributed by atoms with Gasteiger partial charge in [0.25, 0.3) is 0 Å². The van der Waals surface area contributed by atoms with E-state index in [0.29, 0.717) is 6.42 Å². The Morgan fingerprint density at radius 1 is 1.04 bits per heavy atom. The van der Waals surface area contributed by atoms with Gasteiger partial charge in [0, 0.05) is 0 Å². The van der Waals surface area contributed by atoms with Gasteiger partial charge in [-0.05, 0) is 12.0 Å². The summed E-state index contributed by atoms with van der Waals surface area (Å²) in [5, 5.41) is 14.0. The van der Waals surface area contributed by atoms with Crippen molar-refractivity contribution in [2.24, 2.45) is 0 Å². The number of hydrogen-bond acceptors (Lipinski definition) is 4. The Kier molecular flexibility index (Phi) is 11.3. The van der Waals surface area contributed by atoms with Crippen LogP contribution >= 0.6 is 0 Å². The standard InChI is InChI=1S/C20H30N2O5/c1-2-3-4-5-6-10-13-17(19(24)25)22-18(23)14-21-20(26)27-15-16-11-8-7-9-12-16/h7-9,11-12,17H,2-6,10,13-15H2,1H3,(H,21,26)(H,22,23)(H,24,25)/t17-/m1/s1. The van der Waals surface area contributed by atoms with Crippen LogP contribution in [-0.4, -0.2) is 35.7 Å². The Bertz CT molecular complexity index is 577. The molecule has 27 heavy (non-hydrogen) atoms. The molecule has 3 N–H and O–H groups in total. The second-order valence-electron chi connectivity index (χ2n) is 6.43. The molecular formula is C20H30N2O5. The SMILES string of the molecule is CCCCCCCC[C@@H](NC(=O)CNC(=O)OCc1ccccc1)C(=O)O. The van der Waals surface area contributed by atoms with E-state index in [-0.39, 0.29) is 13.2 Å². The Hall–Kier alpha value is -2.57. The summed E-state index contributed by atoms with van der Waals surface area (Å²) in [5.41, 5.74) is 0.835. The van der Waals surface area contributed by atoms with Gasteiger partial charge < -0.3 is 20.5 Å². The van der Waals surface area contributed by atoms with Crippen LogP contribution in [0.5, 0.6) is 0 Å². The van der Waals surface area contributed by atoms with Crippen LogP contribution in [0.15, 0.2) is 30.3 Å². The molecule has 0 unspecified atom stereocenters. The van der Waals surface area contributed by atoms with Crippen molar-refractivity contribution in [3.63, 3.8) is 0 Å². The van der Waals surface area contributed by atoms with Crippen LogP contribution in [0.1, 0.15) is 57.4 Å². The van der Waals surface area contributed by atoms with Gasteiger partial charge in [-0.15, -0.1) is 0 Å². The van der Waals surface area contributed by atoms with E-state index in [2.05, 4.69) is 17.6 Å². The third-order valence-electron chi connectivity index (χ3n) is 4.09. The average molecular weight is 378 g/mol. The minimum absolute atomic E-state index is 0.101. The number of amides is 2. The van der Waals surface area contributed by atoms with E-state index in [1.807, 2.05) is 30.3 Å². The molecule has 0 spiro atoms. The van der Waals surface area contributed by atoms with E-state index in [0.717, 1.165) is 37.7 Å². The van der Waals surface area contributed by atoms with E-state index in [1.54, 1.807) is 0 Å². The third kappa shape index (κ3) is 10.9. The highest BCUT2D eigenvalue weighted by Gasteiger charge is 2.19. The zero-order valence-corrected chi connectivity index (χ0v) is 15.9. The summed E-state index contributed by atoms with van der Waals surface area (Å²) in [6.45, 7) is 1.92. The van der Waals surface area contributed by atoms with E-state index in [4.69, 9.17) is 4.74 Å². The number of ether oxygens (including phenoxy) is 1. The molecule has 1 rings (SSSR count). The molecule has 0 aliphatic heterocycles. The highest BCUT2D eigenvalue weighted by atomic mass is 16.5. The van der Waals surface area contributed by atoms with Gasteiger partial charge in [-0.2, -0.15) is 0 Å². The summed E-state index contributed by atoms with van der Waals surface area (Å²) in [4.78, 5) is 34.7. The van der Waals surface area contributed by atoms with Crippen LogP contribution in [0.3, 0.4) is 0 Å². The van der Waals surface area contributed by atoms with E-state index < -0.39 is 24.0 Å². The largest absolute Gasteiger partial charge is 0.480 e. The van der Waals surface area contributed by atoms with Crippen LogP contribution in [0.4, 0.5) is 4.79 Å². The normalized spacial score (nSPS) is 11.4. The lowest BCUT2D eigenvalue weighted by Crippen LogP contribution is -2.45. The molecule has 0 aliphatic carbocycles. The maximum atomic E-state index is 11.9. The fourth-order valence-corrected chi connectivity index (χ4v) is 2.56. The Morgan fingerprint density at radius 3 is 2.37 bits per heavy atom. The summed E-state index contributed by atoms with van der Waals surface area (Å²) in [7, 11) is 0. The number of nitrogens with one attached hydrogen (secondary N) is 2. The number of carboxylic acid groups (broad SMARTS) is 1. The van der Waals surface area contributed by atoms with Gasteiger partial charge in [-0.3, -0.25) is 4.79 Å². The maximum Gasteiger partial charge on any atom is 0.407 e. The number of carbonyl (C=O) groups excluding carboxylic acids is 2. The van der Waals surface area contributed by atoms with Gasteiger partial charge in [0.1, 0.15) is 19.2 Å². The Balaban J connectivity index is 2.22. The quantitative estimate of drug-likeness (QED) is 0.457. The highest BCUT2D eigenvalue weighted by molar-refractivity contribution is 5.86. The summed E-state index contributed by atoms with van der Waals surface area (Å²) in [6.07, 6.45) is 5.91. The van der Waals surface area contributed by atoms with Crippen molar-refractivity contribution in [3.8, 4) is 0 Å². The molecule has 2 amide bonds. The van der Waals surface area contributed by atoms with Crippen LogP contribution in [-0.2, 0) is 20.9 Å². The van der Waals surface area contributed by atoms with Gasteiger partial charge in [0.15, 0.2) is 0 Å². The summed E-state index contributed by atoms with van der Waals surface area (Å²) in [5.74, 6) is -1.62. The second-order valence-corrected chi connectivity index (χ2v) is 6.43. The maximum absolute atomic E-state index is 11.9. The van der Waals surface area contributed by atoms with Crippen LogP contribution in [0.2, 0.25) is 0 Å². The summed E-state index contributed by atoms with van der Waals surface area (Å²) >= 11 is 0. The lowest BCUT2D eigenvalue weighted by Gasteiger charge is -2.15. The number of unbranched alkanes of at least 4 members (excludes halogenated alkanes) is 5. The van der Waals surface area contributed by atoms with Crippen molar-refractivity contribution in [2.75, 3.05) is 6.54 Å². The van der Waals surface area contributed by atoms with Crippen molar-refractivity contribution in [3.05, 3.63) is 35.9 Å². The number of rotatable bonds is 13. The van der Waals surface area contributed by atoms with E-state index in [1.165, 1.54) is 6.42 Å². The molecule has 0 saturated carbocycles. The zero-order chi connectivity index (χ0) is 19.9. The smallest absolute Gasteiger partial charge is 0.407 e. The zero-order valence-electron chi connectivity index (χ0n) is 15.9. The van der Waals surface area contributed by atoms with Crippen LogP contribution in [0, 0.1) is 0 Å². The number of carboxylic acids is 1. The van der Waals surface area contributed by atoms with Crippen LogP contribution < -0.4 is 10.6 Å². The third-order valence-corrected chi connectivity index (χ3v) is 4.09. The molecule has 0 saturated heterocycles. The molecule has 0 radical (unpaired) electrons. The van der Waals surface area contributed by atoms with Gasteiger partial charge in [-0.1, -0.05) is 75.8 Å². The highest BCUT2D eigenvalue weighted by Crippen LogP contribution is 2.09. The Morgan fingerprint density at radius 2 is 1.70 bits per heavy atom. The number of alkyl carbamates (subject to hydrolysis) is 1. The molecule has 7 nitrogen and oxygen atoms in total. The lowest BCUT2D eigenvalue weighted by atomic mass is 10.1. The second kappa shape index (κ2) is 13.6. The molecule has 0 heterocycles. The van der Waals surface area contributed by atoms with Crippen molar-refractivity contribution in [1.82, 2.24) is 10.6 Å². The van der Waals surface area contributed by atoms with Gasteiger partial charge in [0.2, 0.25) is 5.91 Å². The minimum Gasteiger partial charge on any atom is -0.480 e. The molecule has 150 valence electrons. The average Bonchev–Trinajstić information content (AvgIpc) is 2.67. The monoisotopic (exact) mass is 378 g/mol. The van der Waals surface area contributed by atoms with Gasteiger partial charge in [-0.25, -0.2) is 9.59 Å². The van der Waals surface area contributed by atoms with Crippen molar-refractivity contribution in [2.45, 2.75) is 64.5 Å². The Labute approximate surface area is 160 Å². The van der Waals surface area contributed by atoms with Crippen molar-refractivity contribution >= 4 is 18.0 Å². The number of carbonyl (C=O) groups is 3. The fraction of sp³-hybridized carbons (Fsp3) is 0.550. The lowest BCUT2D eigenvalue weighted by molar-refractivity contribution is -0.141. The molecular weight excluding hydrogens is 348 g/mol. The first-order chi connectivity index (χ1) is 13.0. The topological polar surface area (TPSA) is 105 Å². The molecule has 1 aromatic rings. The molecule has 1 atom stereocenters. The molecule has 7 heteroatoms. The summed E-state index contributed by atoms with van der Waals surface area (Å²) in [6, 6.07) is 8.22. The fourth-order valence-electron chi connectivity index (χ4n) is 2.56. The first-order valence-electron chi connectivity index (χ1n) is 9.49. The first kappa shape index (κ1) is 22.5. The van der Waals surface area contributed by atoms with Gasteiger partial charge in [0.05, 0.1) is 0 Å². The van der Waals surface area contributed by atoms with Gasteiger partial charge >= 0.3 is 12.1 Å². The van der Waals surface area contributed by atoms with Crippen molar-refractivity contribution < 1.29 is 24.2 Å². The summed E-state index contributed by atoms with van der Waals surface area (Å²) < 4.78 is 5.00. The minimum atomic E-state index is -1.07. The van der Waals surface area contributed by atoms with Crippen molar-refractivity contribution in [1.29, 1.82) is 0 Å². The number of hydrogen-bond donors (Lipinski definition) is 3. The molecule has 0 aromatic heterocycles. The molecule has 0 bridgehead atoms. The molecule has 0 aliphatic rings. The predicted molar refractivity (Wildman–Crippen MR) is 102 cm³/mol. The molecule has 1 aromatic carbocycles. The number of benzene rings is 1. The van der Waals surface area contributed by atoms with E-state index >= 15 is 0 Å².